The summed E-state index contributed by atoms with van der Waals surface area (Å²) in [5.74, 6) is 0.253. The van der Waals surface area contributed by atoms with Gasteiger partial charge in [-0.3, -0.25) is 9.69 Å². The molecule has 0 bridgehead atoms. The molecular weight excluding hydrogens is 198 g/mol. The number of ketones is 1. The van der Waals surface area contributed by atoms with E-state index in [-0.39, 0.29) is 17.2 Å². The van der Waals surface area contributed by atoms with Crippen LogP contribution in [0.4, 0.5) is 0 Å². The maximum absolute atomic E-state index is 12.4. The lowest BCUT2D eigenvalue weighted by atomic mass is 9.83. The third kappa shape index (κ3) is 2.92. The first kappa shape index (κ1) is 12.9. The average molecular weight is 219 g/mol. The fraction of sp³-hybridized carbons (Fsp3) is 0.500. The number of nitrogens with zero attached hydrogens (tertiary/aromatic N) is 1. The molecule has 0 N–H and O–H groups in total. The molecule has 0 aliphatic carbocycles. The number of likely N-dealkylation sites (N-methyl/N-ethyl adjacent to an activating group) is 1. The Morgan fingerprint density at radius 3 is 2.00 bits per heavy atom. The van der Waals surface area contributed by atoms with E-state index in [0.717, 1.165) is 5.56 Å². The van der Waals surface area contributed by atoms with Gasteiger partial charge in [-0.25, -0.2) is 0 Å². The molecule has 2 heteroatoms. The van der Waals surface area contributed by atoms with E-state index in [1.54, 1.807) is 0 Å². The van der Waals surface area contributed by atoms with Crippen LogP contribution in [0.25, 0.3) is 0 Å². The highest BCUT2D eigenvalue weighted by molar-refractivity contribution is 5.89. The van der Waals surface area contributed by atoms with Crippen LogP contribution in [-0.4, -0.2) is 24.8 Å². The van der Waals surface area contributed by atoms with E-state index in [4.69, 9.17) is 0 Å². The van der Waals surface area contributed by atoms with E-state index in [2.05, 4.69) is 0 Å². The highest BCUT2D eigenvalue weighted by atomic mass is 16.1. The number of carbonyl (C=O) groups excluding carboxylic acids is 1. The zero-order valence-corrected chi connectivity index (χ0v) is 10.8. The lowest BCUT2D eigenvalue weighted by molar-refractivity contribution is -0.131. The first-order valence-corrected chi connectivity index (χ1v) is 5.59. The fourth-order valence-electron chi connectivity index (χ4n) is 1.73. The molecule has 2 nitrogen and oxygen atoms in total. The van der Waals surface area contributed by atoms with Crippen LogP contribution < -0.4 is 0 Å². The Hall–Kier alpha value is -1.15. The van der Waals surface area contributed by atoms with Crippen molar-refractivity contribution in [1.29, 1.82) is 0 Å². The summed E-state index contributed by atoms with van der Waals surface area (Å²) in [6, 6.07) is 9.78. The van der Waals surface area contributed by atoms with Gasteiger partial charge in [0.05, 0.1) is 6.04 Å². The number of Topliss-reactive ketones (excluding diaryl/α,β-unsaturated/α-hetero) is 1. The molecule has 0 saturated carbocycles. The van der Waals surface area contributed by atoms with Crippen LogP contribution in [0.3, 0.4) is 0 Å². The summed E-state index contributed by atoms with van der Waals surface area (Å²) in [5, 5.41) is 0. The minimum Gasteiger partial charge on any atom is -0.297 e. The van der Waals surface area contributed by atoms with Crippen LogP contribution in [0.15, 0.2) is 30.3 Å². The summed E-state index contributed by atoms with van der Waals surface area (Å²) in [5.41, 5.74) is 0.748. The van der Waals surface area contributed by atoms with Crippen LogP contribution in [0.2, 0.25) is 0 Å². The first-order chi connectivity index (χ1) is 7.34. The molecule has 1 aromatic carbocycles. The highest BCUT2D eigenvalue weighted by Crippen LogP contribution is 2.28. The van der Waals surface area contributed by atoms with E-state index in [1.165, 1.54) is 0 Å². The van der Waals surface area contributed by atoms with Crippen LogP contribution in [0.5, 0.6) is 0 Å². The van der Waals surface area contributed by atoms with Crippen LogP contribution in [-0.2, 0) is 4.79 Å². The van der Waals surface area contributed by atoms with Crippen LogP contribution in [0.1, 0.15) is 32.4 Å². The maximum atomic E-state index is 12.4. The van der Waals surface area contributed by atoms with Crippen molar-refractivity contribution in [3.05, 3.63) is 35.9 Å². The van der Waals surface area contributed by atoms with Gasteiger partial charge in [0.1, 0.15) is 0 Å². The largest absolute Gasteiger partial charge is 0.297 e. The fourth-order valence-corrected chi connectivity index (χ4v) is 1.73. The van der Waals surface area contributed by atoms with Gasteiger partial charge >= 0.3 is 0 Å². The Balaban J connectivity index is 3.07. The second-order valence-electron chi connectivity index (χ2n) is 5.39. The normalized spacial score (nSPS) is 13.9. The van der Waals surface area contributed by atoms with Gasteiger partial charge in [-0.15, -0.1) is 0 Å². The number of benzene rings is 1. The summed E-state index contributed by atoms with van der Waals surface area (Å²) in [7, 11) is 3.89. The molecule has 0 aromatic heterocycles. The molecular formula is C14H21NO. The van der Waals surface area contributed by atoms with E-state index in [0.29, 0.717) is 0 Å². The van der Waals surface area contributed by atoms with Crippen molar-refractivity contribution < 1.29 is 4.79 Å². The summed E-state index contributed by atoms with van der Waals surface area (Å²) in [6.07, 6.45) is 0. The van der Waals surface area contributed by atoms with Crippen molar-refractivity contribution in [2.45, 2.75) is 26.8 Å². The van der Waals surface area contributed by atoms with Gasteiger partial charge in [-0.1, -0.05) is 51.1 Å². The second kappa shape index (κ2) is 4.79. The summed E-state index contributed by atoms with van der Waals surface area (Å²) in [4.78, 5) is 14.3. The number of hydrogen-bond acceptors (Lipinski definition) is 2. The van der Waals surface area contributed by atoms with Gasteiger partial charge in [0, 0.05) is 5.41 Å². The van der Waals surface area contributed by atoms with Crippen molar-refractivity contribution >= 4 is 5.78 Å². The Morgan fingerprint density at radius 2 is 1.62 bits per heavy atom. The van der Waals surface area contributed by atoms with Crippen molar-refractivity contribution in [3.8, 4) is 0 Å². The highest BCUT2D eigenvalue weighted by Gasteiger charge is 2.31. The molecule has 0 saturated heterocycles. The summed E-state index contributed by atoms with van der Waals surface area (Å²) < 4.78 is 0. The van der Waals surface area contributed by atoms with Gasteiger partial charge in [-0.05, 0) is 19.7 Å². The molecule has 0 fully saturated rings. The third-order valence-electron chi connectivity index (χ3n) is 2.62. The molecule has 88 valence electrons. The lowest BCUT2D eigenvalue weighted by Gasteiger charge is -2.29. The average Bonchev–Trinajstić information content (AvgIpc) is 2.17. The SMILES string of the molecule is CN(C)[C@@H](C(=O)C(C)(C)C)c1ccccc1. The van der Waals surface area contributed by atoms with E-state index < -0.39 is 0 Å². The van der Waals surface area contributed by atoms with Gasteiger partial charge < -0.3 is 0 Å². The van der Waals surface area contributed by atoms with Crippen molar-refractivity contribution in [2.75, 3.05) is 14.1 Å². The molecule has 0 amide bonds. The molecule has 1 rings (SSSR count). The van der Waals surface area contributed by atoms with Crippen LogP contribution >= 0.6 is 0 Å². The zero-order valence-electron chi connectivity index (χ0n) is 10.8. The van der Waals surface area contributed by atoms with Crippen LogP contribution in [0, 0.1) is 5.41 Å². The standard InChI is InChI=1S/C14H21NO/c1-14(2,3)13(16)12(15(4)5)11-9-7-6-8-10-11/h6-10,12H,1-5H3/t12-/m1/s1. The van der Waals surface area contributed by atoms with Gasteiger partial charge in [0.2, 0.25) is 0 Å². The Kier molecular flexibility index (Phi) is 3.87. The third-order valence-corrected chi connectivity index (χ3v) is 2.62. The van der Waals surface area contributed by atoms with Gasteiger partial charge in [0.25, 0.3) is 0 Å². The molecule has 0 radical (unpaired) electrons. The minimum atomic E-state index is -0.315. The number of rotatable bonds is 3. The molecule has 16 heavy (non-hydrogen) atoms. The van der Waals surface area contributed by atoms with Crippen molar-refractivity contribution in [2.24, 2.45) is 5.41 Å². The minimum absolute atomic E-state index is 0.152. The predicted molar refractivity (Wildman–Crippen MR) is 67.3 cm³/mol. The predicted octanol–water partition coefficient (Wildman–Crippen LogP) is 2.90. The first-order valence-electron chi connectivity index (χ1n) is 5.59. The Labute approximate surface area is 98.3 Å². The monoisotopic (exact) mass is 219 g/mol. The Morgan fingerprint density at radius 1 is 1.12 bits per heavy atom. The van der Waals surface area contributed by atoms with Crippen molar-refractivity contribution in [3.63, 3.8) is 0 Å². The molecule has 1 atom stereocenters. The molecule has 0 heterocycles. The summed E-state index contributed by atoms with van der Waals surface area (Å²) >= 11 is 0. The topological polar surface area (TPSA) is 20.3 Å². The quantitative estimate of drug-likeness (QED) is 0.779. The van der Waals surface area contributed by atoms with Gasteiger partial charge in [-0.2, -0.15) is 0 Å². The second-order valence-corrected chi connectivity index (χ2v) is 5.39. The molecule has 1 aromatic rings. The summed E-state index contributed by atoms with van der Waals surface area (Å²) in [6.45, 7) is 5.90. The smallest absolute Gasteiger partial charge is 0.159 e. The van der Waals surface area contributed by atoms with E-state index >= 15 is 0 Å². The number of carbonyl (C=O) groups is 1. The number of hydrogen-bond donors (Lipinski definition) is 0. The molecule has 0 unspecified atom stereocenters. The van der Waals surface area contributed by atoms with Gasteiger partial charge in [0.15, 0.2) is 5.78 Å². The molecule has 0 aliphatic rings. The zero-order chi connectivity index (χ0) is 12.3. The maximum Gasteiger partial charge on any atom is 0.159 e. The van der Waals surface area contributed by atoms with Crippen molar-refractivity contribution in [1.82, 2.24) is 4.90 Å². The Bertz CT molecular complexity index is 349. The molecule has 0 spiro atoms. The van der Waals surface area contributed by atoms with E-state index in [9.17, 15) is 4.79 Å². The molecule has 0 aliphatic heterocycles. The lowest BCUT2D eigenvalue weighted by Crippen LogP contribution is -2.35. The van der Waals surface area contributed by atoms with E-state index in [1.807, 2.05) is 70.1 Å².